The zero-order valence-corrected chi connectivity index (χ0v) is 6.63. The molecule has 0 saturated carbocycles. The van der Waals surface area contributed by atoms with Gasteiger partial charge < -0.3 is 6.92 Å². The van der Waals surface area contributed by atoms with Gasteiger partial charge in [-0.05, 0) is 0 Å². The van der Waals surface area contributed by atoms with Crippen molar-refractivity contribution in [1.82, 2.24) is 0 Å². The summed E-state index contributed by atoms with van der Waals surface area (Å²) in [6.45, 7) is 7.75. The van der Waals surface area contributed by atoms with Crippen molar-refractivity contribution < 1.29 is 21.1 Å². The molecule has 0 aromatic rings. The van der Waals surface area contributed by atoms with E-state index in [4.69, 9.17) is 0 Å². The molecule has 0 saturated heterocycles. The summed E-state index contributed by atoms with van der Waals surface area (Å²) < 4.78 is 0. The maximum absolute atomic E-state index is 3.64. The summed E-state index contributed by atoms with van der Waals surface area (Å²) in [5.41, 5.74) is 0. The molecule has 32 valence electrons. The fourth-order valence-electron chi connectivity index (χ4n) is 0. The van der Waals surface area contributed by atoms with Crippen LogP contribution in [0.25, 0.3) is 0 Å². The van der Waals surface area contributed by atoms with Gasteiger partial charge >= 0.3 is 0 Å². The van der Waals surface area contributed by atoms with Crippen molar-refractivity contribution in [3.8, 4) is 0 Å². The van der Waals surface area contributed by atoms with Gasteiger partial charge in [0.1, 0.15) is 0 Å². The first kappa shape index (κ1) is 9.19. The Morgan fingerprint density at radius 1 is 1.40 bits per heavy atom. The minimum absolute atomic E-state index is 0. The van der Waals surface area contributed by atoms with E-state index in [1.54, 1.807) is 0 Å². The molecular weight excluding hydrogens is 232 g/mol. The standard InChI is InChI=1S/C4H9.W/c1-4(2)3;/h4H,1H2,2-3H3;/q-1;. The van der Waals surface area contributed by atoms with E-state index in [-0.39, 0.29) is 21.1 Å². The molecule has 0 spiro atoms. The van der Waals surface area contributed by atoms with Crippen LogP contribution in [-0.2, 0) is 21.1 Å². The number of rotatable bonds is 0. The van der Waals surface area contributed by atoms with Crippen molar-refractivity contribution in [1.29, 1.82) is 0 Å². The molecule has 0 fully saturated rings. The molecule has 0 aromatic heterocycles. The van der Waals surface area contributed by atoms with Gasteiger partial charge in [-0.15, -0.1) is 0 Å². The van der Waals surface area contributed by atoms with Gasteiger partial charge in [0.15, 0.2) is 0 Å². The van der Waals surface area contributed by atoms with Crippen LogP contribution in [0, 0.1) is 12.8 Å². The smallest absolute Gasteiger partial charge is 0 e. The van der Waals surface area contributed by atoms with Crippen LogP contribution in [0.15, 0.2) is 0 Å². The second kappa shape index (κ2) is 4.69. The third kappa shape index (κ3) is 71.5. The molecule has 0 aliphatic rings. The van der Waals surface area contributed by atoms with E-state index < -0.39 is 0 Å². The van der Waals surface area contributed by atoms with E-state index in [1.807, 2.05) is 0 Å². The topological polar surface area (TPSA) is 0 Å². The molecule has 0 radical (unpaired) electrons. The Morgan fingerprint density at radius 2 is 1.40 bits per heavy atom. The van der Waals surface area contributed by atoms with E-state index in [2.05, 4.69) is 20.8 Å². The molecule has 0 atom stereocenters. The van der Waals surface area contributed by atoms with Crippen molar-refractivity contribution in [2.24, 2.45) is 5.92 Å². The average Bonchev–Trinajstić information content (AvgIpc) is 0.811. The Hall–Kier alpha value is 0.688. The van der Waals surface area contributed by atoms with Crippen molar-refractivity contribution in [3.63, 3.8) is 0 Å². The zero-order valence-electron chi connectivity index (χ0n) is 3.69. The molecule has 0 aliphatic carbocycles. The molecule has 0 unspecified atom stereocenters. The maximum Gasteiger partial charge on any atom is 0 e. The van der Waals surface area contributed by atoms with E-state index in [1.165, 1.54) is 0 Å². The number of hydrogen-bond donors (Lipinski definition) is 0. The van der Waals surface area contributed by atoms with Crippen LogP contribution in [0.1, 0.15) is 13.8 Å². The summed E-state index contributed by atoms with van der Waals surface area (Å²) in [5, 5.41) is 0. The molecule has 0 rings (SSSR count). The Labute approximate surface area is 48.2 Å². The van der Waals surface area contributed by atoms with Gasteiger partial charge in [-0.1, -0.05) is 13.8 Å². The van der Waals surface area contributed by atoms with Crippen LogP contribution in [-0.4, -0.2) is 0 Å². The van der Waals surface area contributed by atoms with Crippen molar-refractivity contribution in [2.45, 2.75) is 13.8 Å². The van der Waals surface area contributed by atoms with E-state index >= 15 is 0 Å². The minimum atomic E-state index is 0. The molecule has 1 heteroatoms. The van der Waals surface area contributed by atoms with Crippen molar-refractivity contribution in [3.05, 3.63) is 6.92 Å². The van der Waals surface area contributed by atoms with Crippen LogP contribution in [0.2, 0.25) is 0 Å². The first-order valence-corrected chi connectivity index (χ1v) is 1.56. The van der Waals surface area contributed by atoms with Crippen LogP contribution >= 0.6 is 0 Å². The Morgan fingerprint density at radius 3 is 1.40 bits per heavy atom. The van der Waals surface area contributed by atoms with Crippen LogP contribution < -0.4 is 0 Å². The van der Waals surface area contributed by atoms with Gasteiger partial charge in [-0.2, -0.15) is 5.92 Å². The summed E-state index contributed by atoms with van der Waals surface area (Å²) in [4.78, 5) is 0. The Balaban J connectivity index is 0. The molecule has 0 nitrogen and oxygen atoms in total. The molecule has 0 N–H and O–H groups in total. The van der Waals surface area contributed by atoms with E-state index in [9.17, 15) is 0 Å². The first-order valence-electron chi connectivity index (χ1n) is 1.56. The molecule has 5 heavy (non-hydrogen) atoms. The van der Waals surface area contributed by atoms with Gasteiger partial charge in [0.25, 0.3) is 0 Å². The van der Waals surface area contributed by atoms with Crippen LogP contribution in [0.4, 0.5) is 0 Å². The normalized spacial score (nSPS) is 7.20. The van der Waals surface area contributed by atoms with Crippen molar-refractivity contribution in [2.75, 3.05) is 0 Å². The van der Waals surface area contributed by atoms with Crippen LogP contribution in [0.3, 0.4) is 0 Å². The summed E-state index contributed by atoms with van der Waals surface area (Å²) in [7, 11) is 0. The van der Waals surface area contributed by atoms with Crippen molar-refractivity contribution >= 4 is 0 Å². The largest absolute Gasteiger partial charge is 0.341 e. The van der Waals surface area contributed by atoms with Crippen LogP contribution in [0.5, 0.6) is 0 Å². The first-order chi connectivity index (χ1) is 1.73. The monoisotopic (exact) mass is 241 g/mol. The third-order valence-corrected chi connectivity index (χ3v) is 0. The molecule has 0 aliphatic heterocycles. The second-order valence-electron chi connectivity index (χ2n) is 1.39. The van der Waals surface area contributed by atoms with Gasteiger partial charge in [-0.25, -0.2) is 0 Å². The fraction of sp³-hybridized carbons (Fsp3) is 0.750. The van der Waals surface area contributed by atoms with E-state index in [0.29, 0.717) is 5.92 Å². The molecule has 0 heterocycles. The minimum Gasteiger partial charge on any atom is -0.341 e. The van der Waals surface area contributed by atoms with Gasteiger partial charge in [-0.3, -0.25) is 0 Å². The van der Waals surface area contributed by atoms with Gasteiger partial charge in [0.05, 0.1) is 0 Å². The molecule has 0 amide bonds. The third-order valence-electron chi connectivity index (χ3n) is 0. The second-order valence-corrected chi connectivity index (χ2v) is 1.39. The predicted octanol–water partition coefficient (Wildman–Crippen LogP) is 1.47. The molecular formula is C4H9W-. The predicted molar refractivity (Wildman–Crippen MR) is 20.2 cm³/mol. The number of hydrogen-bond acceptors (Lipinski definition) is 0. The van der Waals surface area contributed by atoms with Gasteiger partial charge in [0.2, 0.25) is 0 Å². The van der Waals surface area contributed by atoms with E-state index in [0.717, 1.165) is 0 Å². The SMILES string of the molecule is [CH2-]C(C)C.[W]. The van der Waals surface area contributed by atoms with Gasteiger partial charge in [0, 0.05) is 21.1 Å². The summed E-state index contributed by atoms with van der Waals surface area (Å²) in [6, 6.07) is 0. The maximum atomic E-state index is 3.64. The molecule has 0 bridgehead atoms. The fourth-order valence-corrected chi connectivity index (χ4v) is 0. The summed E-state index contributed by atoms with van der Waals surface area (Å²) in [5.74, 6) is 0.583. The average molecular weight is 241 g/mol. The quantitative estimate of drug-likeness (QED) is 0.563. The zero-order chi connectivity index (χ0) is 3.58. The molecule has 0 aromatic carbocycles. The Bertz CT molecular complexity index is 8.36. The Kier molecular flexibility index (Phi) is 8.62. The summed E-state index contributed by atoms with van der Waals surface area (Å²) >= 11 is 0. The summed E-state index contributed by atoms with van der Waals surface area (Å²) in [6.07, 6.45) is 0.